The Morgan fingerprint density at radius 3 is 2.61 bits per heavy atom. The molecule has 2 aromatic rings. The largest absolute Gasteiger partial charge is 0.497 e. The Kier molecular flexibility index (Phi) is 8.32. The molecule has 7 heteroatoms. The molecule has 1 aromatic heterocycles. The van der Waals surface area contributed by atoms with E-state index in [9.17, 15) is 0 Å². The lowest BCUT2D eigenvalue weighted by atomic mass is 10.2. The predicted molar refractivity (Wildman–Crippen MR) is 107 cm³/mol. The minimum atomic E-state index is 0. The van der Waals surface area contributed by atoms with E-state index in [-0.39, 0.29) is 24.0 Å². The number of benzene rings is 1. The summed E-state index contributed by atoms with van der Waals surface area (Å²) in [5, 5.41) is 7.71. The first-order valence-electron chi connectivity index (χ1n) is 7.12. The van der Waals surface area contributed by atoms with E-state index in [1.54, 1.807) is 25.5 Å². The van der Waals surface area contributed by atoms with Gasteiger partial charge in [0, 0.05) is 18.5 Å². The van der Waals surface area contributed by atoms with Gasteiger partial charge in [0.15, 0.2) is 5.96 Å². The molecule has 0 aliphatic carbocycles. The monoisotopic (exact) mass is 446 g/mol. The molecule has 0 atom stereocenters. The van der Waals surface area contributed by atoms with Crippen molar-refractivity contribution in [2.75, 3.05) is 14.2 Å². The van der Waals surface area contributed by atoms with Gasteiger partial charge in [0.1, 0.15) is 5.75 Å². The first-order valence-corrected chi connectivity index (χ1v) is 7.94. The van der Waals surface area contributed by atoms with Crippen LogP contribution in [0.3, 0.4) is 0 Å². The van der Waals surface area contributed by atoms with Crippen molar-refractivity contribution in [3.05, 3.63) is 45.4 Å². The molecule has 1 aromatic carbocycles. The van der Waals surface area contributed by atoms with Crippen molar-refractivity contribution in [3.63, 3.8) is 0 Å². The number of rotatable bonds is 5. The number of guanidine groups is 1. The van der Waals surface area contributed by atoms with E-state index in [2.05, 4.69) is 26.7 Å². The molecule has 0 saturated heterocycles. The van der Waals surface area contributed by atoms with Gasteiger partial charge >= 0.3 is 0 Å². The summed E-state index contributed by atoms with van der Waals surface area (Å²) in [4.78, 5) is 9.91. The van der Waals surface area contributed by atoms with Gasteiger partial charge in [-0.05, 0) is 31.5 Å². The third-order valence-corrected chi connectivity index (χ3v) is 4.31. The van der Waals surface area contributed by atoms with Crippen LogP contribution in [0.15, 0.2) is 29.3 Å². The molecule has 0 spiro atoms. The Morgan fingerprint density at radius 2 is 2.00 bits per heavy atom. The summed E-state index contributed by atoms with van der Waals surface area (Å²) < 4.78 is 5.23. The number of aromatic nitrogens is 1. The van der Waals surface area contributed by atoms with Crippen LogP contribution in [0, 0.1) is 13.8 Å². The summed E-state index contributed by atoms with van der Waals surface area (Å²) in [6.07, 6.45) is 0. The van der Waals surface area contributed by atoms with E-state index in [0.29, 0.717) is 6.54 Å². The maximum atomic E-state index is 5.23. The lowest BCUT2D eigenvalue weighted by molar-refractivity contribution is 0.414. The first kappa shape index (κ1) is 19.7. The fraction of sp³-hybridized carbons (Fsp3) is 0.375. The highest BCUT2D eigenvalue weighted by molar-refractivity contribution is 14.0. The molecule has 126 valence electrons. The number of aliphatic imine (C=N–C) groups is 1. The second-order valence-electron chi connectivity index (χ2n) is 4.87. The van der Waals surface area contributed by atoms with Crippen LogP contribution < -0.4 is 15.4 Å². The zero-order chi connectivity index (χ0) is 15.9. The third-order valence-electron chi connectivity index (χ3n) is 3.23. The number of nitrogens with one attached hydrogen (secondary N) is 2. The third kappa shape index (κ3) is 5.98. The fourth-order valence-electron chi connectivity index (χ4n) is 2.09. The fourth-order valence-corrected chi connectivity index (χ4v) is 2.97. The molecule has 0 aliphatic heterocycles. The highest BCUT2D eigenvalue weighted by Gasteiger charge is 2.06. The smallest absolute Gasteiger partial charge is 0.191 e. The summed E-state index contributed by atoms with van der Waals surface area (Å²) in [6.45, 7) is 5.48. The Hall–Kier alpha value is -1.35. The molecule has 0 radical (unpaired) electrons. The molecule has 0 amide bonds. The standard InChI is InChI=1S/C16H22N4OS.HI/c1-11-15(22-12(2)20-11)10-19-16(17-3)18-9-13-6-5-7-14(8-13)21-4;/h5-8H,9-10H2,1-4H3,(H2,17,18,19);1H. The van der Waals surface area contributed by atoms with Crippen LogP contribution in [0.4, 0.5) is 0 Å². The highest BCUT2D eigenvalue weighted by atomic mass is 127. The van der Waals surface area contributed by atoms with Crippen molar-refractivity contribution < 1.29 is 4.74 Å². The quantitative estimate of drug-likeness (QED) is 0.421. The summed E-state index contributed by atoms with van der Waals surface area (Å²) in [6, 6.07) is 7.98. The molecule has 0 fully saturated rings. The Bertz CT molecular complexity index is 657. The number of hydrogen-bond acceptors (Lipinski definition) is 4. The average Bonchev–Trinajstić information content (AvgIpc) is 2.85. The van der Waals surface area contributed by atoms with Gasteiger partial charge in [-0.2, -0.15) is 0 Å². The lowest BCUT2D eigenvalue weighted by Crippen LogP contribution is -2.36. The number of methoxy groups -OCH3 is 1. The van der Waals surface area contributed by atoms with Gasteiger partial charge in [0.2, 0.25) is 0 Å². The molecule has 23 heavy (non-hydrogen) atoms. The molecule has 2 rings (SSSR count). The van der Waals surface area contributed by atoms with Gasteiger partial charge in [-0.3, -0.25) is 4.99 Å². The lowest BCUT2D eigenvalue weighted by Gasteiger charge is -2.12. The number of halogens is 1. The highest BCUT2D eigenvalue weighted by Crippen LogP contribution is 2.16. The van der Waals surface area contributed by atoms with Gasteiger partial charge < -0.3 is 15.4 Å². The molecule has 0 bridgehead atoms. The molecule has 5 nitrogen and oxygen atoms in total. The topological polar surface area (TPSA) is 58.5 Å². The Labute approximate surface area is 158 Å². The van der Waals surface area contributed by atoms with Crippen LogP contribution >= 0.6 is 35.3 Å². The number of ether oxygens (including phenoxy) is 1. The van der Waals surface area contributed by atoms with Gasteiger partial charge in [0.25, 0.3) is 0 Å². The van der Waals surface area contributed by atoms with Crippen LogP contribution in [0.1, 0.15) is 21.1 Å². The van der Waals surface area contributed by atoms with Crippen LogP contribution in [0.2, 0.25) is 0 Å². The molecular weight excluding hydrogens is 423 g/mol. The van der Waals surface area contributed by atoms with Crippen molar-refractivity contribution in [3.8, 4) is 5.75 Å². The molecule has 1 heterocycles. The van der Waals surface area contributed by atoms with E-state index in [4.69, 9.17) is 4.74 Å². The van der Waals surface area contributed by atoms with Crippen LogP contribution in [0.25, 0.3) is 0 Å². The summed E-state index contributed by atoms with van der Waals surface area (Å²) >= 11 is 1.71. The van der Waals surface area contributed by atoms with Crippen molar-refractivity contribution in [1.29, 1.82) is 0 Å². The van der Waals surface area contributed by atoms with E-state index in [1.807, 2.05) is 32.0 Å². The zero-order valence-electron chi connectivity index (χ0n) is 13.8. The van der Waals surface area contributed by atoms with Gasteiger partial charge in [-0.25, -0.2) is 4.98 Å². The minimum Gasteiger partial charge on any atom is -0.497 e. The van der Waals surface area contributed by atoms with Gasteiger partial charge in [-0.15, -0.1) is 35.3 Å². The minimum absolute atomic E-state index is 0. The van der Waals surface area contributed by atoms with Crippen LogP contribution in [-0.2, 0) is 13.1 Å². The maximum absolute atomic E-state index is 5.23. The van der Waals surface area contributed by atoms with E-state index in [0.717, 1.165) is 34.5 Å². The second kappa shape index (κ2) is 9.71. The zero-order valence-corrected chi connectivity index (χ0v) is 17.0. The van der Waals surface area contributed by atoms with Gasteiger partial charge in [0.05, 0.1) is 24.4 Å². The van der Waals surface area contributed by atoms with Gasteiger partial charge in [-0.1, -0.05) is 12.1 Å². The van der Waals surface area contributed by atoms with Crippen molar-refractivity contribution in [2.24, 2.45) is 4.99 Å². The molecule has 0 aliphatic rings. The van der Waals surface area contributed by atoms with Crippen molar-refractivity contribution in [1.82, 2.24) is 15.6 Å². The van der Waals surface area contributed by atoms with Crippen molar-refractivity contribution in [2.45, 2.75) is 26.9 Å². The van der Waals surface area contributed by atoms with E-state index < -0.39 is 0 Å². The SMILES string of the molecule is CN=C(NCc1cccc(OC)c1)NCc1sc(C)nc1C.I. The summed E-state index contributed by atoms with van der Waals surface area (Å²) in [5.74, 6) is 1.63. The molecule has 0 unspecified atom stereocenters. The average molecular weight is 446 g/mol. The number of aryl methyl sites for hydroxylation is 2. The molecule has 2 N–H and O–H groups in total. The maximum Gasteiger partial charge on any atom is 0.191 e. The first-order chi connectivity index (χ1) is 10.6. The summed E-state index contributed by atoms with van der Waals surface area (Å²) in [5.41, 5.74) is 2.23. The Morgan fingerprint density at radius 1 is 1.26 bits per heavy atom. The predicted octanol–water partition coefficient (Wildman–Crippen LogP) is 3.25. The number of thiazole rings is 1. The van der Waals surface area contributed by atoms with Crippen LogP contribution in [0.5, 0.6) is 5.75 Å². The number of nitrogens with zero attached hydrogens (tertiary/aromatic N) is 2. The molecule has 0 saturated carbocycles. The number of hydrogen-bond donors (Lipinski definition) is 2. The summed E-state index contributed by atoms with van der Waals surface area (Å²) in [7, 11) is 3.44. The normalized spacial score (nSPS) is 10.9. The molecular formula is C16H23IN4OS. The van der Waals surface area contributed by atoms with E-state index in [1.165, 1.54) is 4.88 Å². The second-order valence-corrected chi connectivity index (χ2v) is 6.16. The Balaban J connectivity index is 0.00000264. The van der Waals surface area contributed by atoms with E-state index >= 15 is 0 Å². The van der Waals surface area contributed by atoms with Crippen LogP contribution in [-0.4, -0.2) is 25.1 Å². The van der Waals surface area contributed by atoms with Crippen molar-refractivity contribution >= 4 is 41.3 Å².